The third kappa shape index (κ3) is 4.18. The van der Waals surface area contributed by atoms with Gasteiger partial charge >= 0.3 is 0 Å². The number of anilines is 1. The fourth-order valence-electron chi connectivity index (χ4n) is 3.19. The molecule has 0 radical (unpaired) electrons. The number of carbonyl (C=O) groups excluding carboxylic acids is 1. The summed E-state index contributed by atoms with van der Waals surface area (Å²) in [7, 11) is -1.69. The number of carbonyl (C=O) groups is 1. The molecule has 3 heterocycles. The van der Waals surface area contributed by atoms with E-state index in [9.17, 15) is 13.2 Å². The first-order chi connectivity index (χ1) is 13.9. The average Bonchev–Trinajstić information content (AvgIpc) is 3.39. The molecule has 10 heteroatoms. The summed E-state index contributed by atoms with van der Waals surface area (Å²) in [4.78, 5) is 19.5. The zero-order valence-corrected chi connectivity index (χ0v) is 17.4. The molecule has 0 spiro atoms. The molecule has 1 aromatic carbocycles. The summed E-state index contributed by atoms with van der Waals surface area (Å²) in [6.45, 7) is 0.590. The van der Waals surface area contributed by atoms with E-state index in [0.29, 0.717) is 35.9 Å². The van der Waals surface area contributed by atoms with Gasteiger partial charge in [0.25, 0.3) is 5.91 Å². The molecule has 0 saturated carbocycles. The maximum atomic E-state index is 12.9. The van der Waals surface area contributed by atoms with Gasteiger partial charge in [-0.3, -0.25) is 9.10 Å². The van der Waals surface area contributed by atoms with E-state index < -0.39 is 10.0 Å². The zero-order chi connectivity index (χ0) is 20.4. The van der Waals surface area contributed by atoms with Gasteiger partial charge in [-0.15, -0.1) is 11.3 Å². The van der Waals surface area contributed by atoms with Crippen molar-refractivity contribution in [3.8, 4) is 10.7 Å². The largest absolute Gasteiger partial charge is 0.337 e. The first kappa shape index (κ1) is 19.6. The third-order valence-electron chi connectivity index (χ3n) is 4.66. The van der Waals surface area contributed by atoms with Crippen LogP contribution >= 0.6 is 11.3 Å². The Morgan fingerprint density at radius 3 is 2.90 bits per heavy atom. The van der Waals surface area contributed by atoms with Crippen molar-refractivity contribution in [3.05, 3.63) is 53.2 Å². The van der Waals surface area contributed by atoms with Crippen molar-refractivity contribution in [2.75, 3.05) is 23.7 Å². The van der Waals surface area contributed by atoms with Gasteiger partial charge < -0.3 is 9.42 Å². The molecule has 0 atom stereocenters. The fraction of sp³-hybridized carbons (Fsp3) is 0.316. The summed E-state index contributed by atoms with van der Waals surface area (Å²) in [6, 6.07) is 10.5. The summed E-state index contributed by atoms with van der Waals surface area (Å²) in [5, 5.41) is 5.88. The number of aromatic nitrogens is 2. The monoisotopic (exact) mass is 432 g/mol. The second-order valence-corrected chi connectivity index (χ2v) is 9.76. The van der Waals surface area contributed by atoms with Crippen LogP contribution in [0.5, 0.6) is 0 Å². The number of amides is 1. The standard InChI is InChI=1S/C19H20N4O4S2/c1-22(13-17-20-18(21-27-17)16-8-5-10-28-16)19(24)14-6-4-7-15(12-14)23-9-2-3-11-29(23,25)26/h4-8,10,12H,2-3,9,11,13H2,1H3. The van der Waals surface area contributed by atoms with Gasteiger partial charge in [-0.05, 0) is 42.5 Å². The Morgan fingerprint density at radius 2 is 2.14 bits per heavy atom. The van der Waals surface area contributed by atoms with Crippen molar-refractivity contribution in [1.29, 1.82) is 0 Å². The van der Waals surface area contributed by atoms with Crippen LogP contribution in [0.2, 0.25) is 0 Å². The van der Waals surface area contributed by atoms with Crippen LogP contribution in [0, 0.1) is 0 Å². The van der Waals surface area contributed by atoms with Gasteiger partial charge in [0, 0.05) is 19.2 Å². The lowest BCUT2D eigenvalue weighted by atomic mass is 10.1. The normalized spacial score (nSPS) is 16.0. The minimum atomic E-state index is -3.33. The van der Waals surface area contributed by atoms with E-state index in [1.54, 1.807) is 31.3 Å². The Morgan fingerprint density at radius 1 is 1.28 bits per heavy atom. The zero-order valence-electron chi connectivity index (χ0n) is 15.8. The molecule has 0 aliphatic carbocycles. The molecule has 2 aromatic heterocycles. The molecule has 1 saturated heterocycles. The van der Waals surface area contributed by atoms with Crippen molar-refractivity contribution < 1.29 is 17.7 Å². The van der Waals surface area contributed by atoms with E-state index in [1.807, 2.05) is 17.5 Å². The highest BCUT2D eigenvalue weighted by Gasteiger charge is 2.27. The van der Waals surface area contributed by atoms with E-state index in [2.05, 4.69) is 10.1 Å². The molecule has 1 amide bonds. The van der Waals surface area contributed by atoms with E-state index in [0.717, 1.165) is 11.3 Å². The minimum absolute atomic E-state index is 0.134. The van der Waals surface area contributed by atoms with E-state index in [1.165, 1.54) is 20.5 Å². The Labute approximate surface area is 172 Å². The van der Waals surface area contributed by atoms with Gasteiger partial charge in [0.1, 0.15) is 0 Å². The molecule has 0 bridgehead atoms. The Bertz CT molecular complexity index is 1110. The molecule has 1 fully saturated rings. The maximum absolute atomic E-state index is 12.9. The Kier molecular flexibility index (Phi) is 5.37. The number of hydrogen-bond donors (Lipinski definition) is 0. The smallest absolute Gasteiger partial charge is 0.254 e. The summed E-state index contributed by atoms with van der Waals surface area (Å²) in [5.41, 5.74) is 0.922. The van der Waals surface area contributed by atoms with Gasteiger partial charge in [-0.25, -0.2) is 8.42 Å². The first-order valence-electron chi connectivity index (χ1n) is 9.16. The Hall–Kier alpha value is -2.72. The average molecular weight is 433 g/mol. The molecular formula is C19H20N4O4S2. The van der Waals surface area contributed by atoms with Crippen LogP contribution in [-0.4, -0.2) is 48.7 Å². The van der Waals surface area contributed by atoms with E-state index >= 15 is 0 Å². The predicted molar refractivity (Wildman–Crippen MR) is 110 cm³/mol. The first-order valence-corrected chi connectivity index (χ1v) is 11.7. The topological polar surface area (TPSA) is 96.6 Å². The lowest BCUT2D eigenvalue weighted by Gasteiger charge is -2.28. The SMILES string of the molecule is CN(Cc1nc(-c2cccs2)no1)C(=O)c1cccc(N2CCCCS2(=O)=O)c1. The Balaban J connectivity index is 1.49. The van der Waals surface area contributed by atoms with Gasteiger partial charge in [-0.1, -0.05) is 17.3 Å². The molecule has 4 rings (SSSR count). The lowest BCUT2D eigenvalue weighted by molar-refractivity contribution is 0.0769. The van der Waals surface area contributed by atoms with Crippen molar-refractivity contribution >= 4 is 33.0 Å². The van der Waals surface area contributed by atoms with Gasteiger partial charge in [0.15, 0.2) is 0 Å². The number of thiophene rings is 1. The van der Waals surface area contributed by atoms with Crippen molar-refractivity contribution in [3.63, 3.8) is 0 Å². The third-order valence-corrected chi connectivity index (χ3v) is 7.39. The molecule has 8 nitrogen and oxygen atoms in total. The van der Waals surface area contributed by atoms with Gasteiger partial charge in [0.05, 0.1) is 22.9 Å². The van der Waals surface area contributed by atoms with Crippen LogP contribution in [0.1, 0.15) is 29.1 Å². The van der Waals surface area contributed by atoms with Crippen LogP contribution < -0.4 is 4.31 Å². The van der Waals surface area contributed by atoms with Crippen LogP contribution in [-0.2, 0) is 16.6 Å². The summed E-state index contributed by atoms with van der Waals surface area (Å²) >= 11 is 1.51. The molecule has 0 unspecified atom stereocenters. The highest BCUT2D eigenvalue weighted by atomic mass is 32.2. The highest BCUT2D eigenvalue weighted by Crippen LogP contribution is 2.25. The second-order valence-electron chi connectivity index (χ2n) is 6.80. The number of rotatable bonds is 5. The molecule has 152 valence electrons. The number of benzene rings is 1. The van der Waals surface area contributed by atoms with Crippen LogP contribution in [0.4, 0.5) is 5.69 Å². The van der Waals surface area contributed by atoms with Gasteiger partial charge in [0.2, 0.25) is 21.7 Å². The van der Waals surface area contributed by atoms with Gasteiger partial charge in [-0.2, -0.15) is 4.98 Å². The quantitative estimate of drug-likeness (QED) is 0.615. The molecule has 29 heavy (non-hydrogen) atoms. The van der Waals surface area contributed by atoms with E-state index in [-0.39, 0.29) is 18.2 Å². The minimum Gasteiger partial charge on any atom is -0.337 e. The summed E-state index contributed by atoms with van der Waals surface area (Å²) < 4.78 is 31.3. The van der Waals surface area contributed by atoms with Crippen molar-refractivity contribution in [2.24, 2.45) is 0 Å². The summed E-state index contributed by atoms with van der Waals surface area (Å²) in [5.74, 6) is 0.707. The number of nitrogens with zero attached hydrogens (tertiary/aromatic N) is 4. The van der Waals surface area contributed by atoms with Crippen molar-refractivity contribution in [2.45, 2.75) is 19.4 Å². The maximum Gasteiger partial charge on any atom is 0.254 e. The van der Waals surface area contributed by atoms with E-state index in [4.69, 9.17) is 4.52 Å². The molecule has 0 N–H and O–H groups in total. The molecular weight excluding hydrogens is 412 g/mol. The lowest BCUT2D eigenvalue weighted by Crippen LogP contribution is -2.38. The van der Waals surface area contributed by atoms with Crippen LogP contribution in [0.15, 0.2) is 46.3 Å². The summed E-state index contributed by atoms with van der Waals surface area (Å²) in [6.07, 6.45) is 1.47. The predicted octanol–water partition coefficient (Wildman–Crippen LogP) is 3.00. The fourth-order valence-corrected chi connectivity index (χ4v) is 5.47. The van der Waals surface area contributed by atoms with Crippen molar-refractivity contribution in [1.82, 2.24) is 15.0 Å². The van der Waals surface area contributed by atoms with Crippen LogP contribution in [0.3, 0.4) is 0 Å². The van der Waals surface area contributed by atoms with Crippen LogP contribution in [0.25, 0.3) is 10.7 Å². The molecule has 3 aromatic rings. The number of hydrogen-bond acceptors (Lipinski definition) is 7. The second kappa shape index (κ2) is 7.96. The highest BCUT2D eigenvalue weighted by molar-refractivity contribution is 7.92. The molecule has 1 aliphatic heterocycles. The number of sulfonamides is 1. The molecule has 1 aliphatic rings.